The van der Waals surface area contributed by atoms with Gasteiger partial charge in [0.15, 0.2) is 0 Å². The number of nitro benzene ring substituents is 1. The molecular formula is C15H20ClN3O2. The first kappa shape index (κ1) is 14.6. The molecular weight excluding hydrogens is 290 g/mol. The molecule has 3 rings (SSSR count). The van der Waals surface area contributed by atoms with Gasteiger partial charge in [0, 0.05) is 25.2 Å². The van der Waals surface area contributed by atoms with Gasteiger partial charge in [0.2, 0.25) is 0 Å². The molecule has 5 nitrogen and oxygen atoms in total. The Morgan fingerprint density at radius 2 is 2.14 bits per heavy atom. The molecule has 2 saturated heterocycles. The summed E-state index contributed by atoms with van der Waals surface area (Å²) < 4.78 is 0. The fourth-order valence-corrected chi connectivity index (χ4v) is 3.84. The fraction of sp³-hybridized carbons (Fsp3) is 0.600. The van der Waals surface area contributed by atoms with Gasteiger partial charge in [0.1, 0.15) is 10.7 Å². The summed E-state index contributed by atoms with van der Waals surface area (Å²) in [5.41, 5.74) is 0.695. The molecule has 1 aromatic carbocycles. The van der Waals surface area contributed by atoms with Crippen LogP contribution >= 0.6 is 11.6 Å². The monoisotopic (exact) mass is 309 g/mol. The van der Waals surface area contributed by atoms with Crippen LogP contribution in [0.3, 0.4) is 0 Å². The molecule has 0 N–H and O–H groups in total. The van der Waals surface area contributed by atoms with Crippen LogP contribution in [0.15, 0.2) is 18.2 Å². The Hall–Kier alpha value is -1.33. The van der Waals surface area contributed by atoms with Gasteiger partial charge < -0.3 is 4.90 Å². The van der Waals surface area contributed by atoms with E-state index in [1.165, 1.54) is 19.3 Å². The molecule has 2 aliphatic rings. The fourth-order valence-electron chi connectivity index (χ4n) is 3.60. The van der Waals surface area contributed by atoms with Crippen LogP contribution in [0.4, 0.5) is 11.4 Å². The van der Waals surface area contributed by atoms with E-state index in [2.05, 4.69) is 16.7 Å². The predicted octanol–water partition coefficient (Wildman–Crippen LogP) is 3.31. The Morgan fingerprint density at radius 3 is 2.90 bits per heavy atom. The SMILES string of the molecule is CC1CN2CCCCC2CN1c1cccc(Cl)c1[N+](=O)[O-]. The number of benzene rings is 1. The summed E-state index contributed by atoms with van der Waals surface area (Å²) in [6.45, 7) is 5.10. The van der Waals surface area contributed by atoms with Gasteiger partial charge in [0.25, 0.3) is 0 Å². The third-order valence-corrected chi connectivity index (χ3v) is 4.95. The number of anilines is 1. The zero-order chi connectivity index (χ0) is 15.0. The summed E-state index contributed by atoms with van der Waals surface area (Å²) >= 11 is 6.05. The van der Waals surface area contributed by atoms with Crippen molar-refractivity contribution in [2.45, 2.75) is 38.3 Å². The van der Waals surface area contributed by atoms with Crippen LogP contribution in [0.2, 0.25) is 5.02 Å². The van der Waals surface area contributed by atoms with Crippen LogP contribution in [-0.2, 0) is 0 Å². The Bertz CT molecular complexity index is 552. The lowest BCUT2D eigenvalue weighted by atomic mass is 9.96. The lowest BCUT2D eigenvalue weighted by Gasteiger charge is -2.48. The van der Waals surface area contributed by atoms with Crippen molar-refractivity contribution in [3.8, 4) is 0 Å². The normalized spacial score (nSPS) is 26.5. The van der Waals surface area contributed by atoms with Crippen molar-refractivity contribution in [3.05, 3.63) is 33.3 Å². The zero-order valence-corrected chi connectivity index (χ0v) is 12.9. The standard InChI is InChI=1S/C15H20ClN3O2/c1-11-9-17-8-3-2-5-12(17)10-18(11)14-7-4-6-13(16)15(14)19(20)21/h4,6-7,11-12H,2-3,5,8-10H2,1H3. The number of piperazine rings is 1. The molecule has 2 unspecified atom stereocenters. The first-order chi connectivity index (χ1) is 10.1. The van der Waals surface area contributed by atoms with E-state index in [9.17, 15) is 10.1 Å². The number of hydrogen-bond acceptors (Lipinski definition) is 4. The van der Waals surface area contributed by atoms with Crippen molar-refractivity contribution < 1.29 is 4.92 Å². The van der Waals surface area contributed by atoms with Crippen LogP contribution in [-0.4, -0.2) is 41.5 Å². The second-order valence-corrected chi connectivity index (χ2v) is 6.42. The highest BCUT2D eigenvalue weighted by Crippen LogP contribution is 2.38. The van der Waals surface area contributed by atoms with Crippen LogP contribution in [0.25, 0.3) is 0 Å². The zero-order valence-electron chi connectivity index (χ0n) is 12.2. The van der Waals surface area contributed by atoms with Crippen molar-refractivity contribution in [3.63, 3.8) is 0 Å². The summed E-state index contributed by atoms with van der Waals surface area (Å²) in [5.74, 6) is 0. The minimum atomic E-state index is -0.363. The van der Waals surface area contributed by atoms with Crippen molar-refractivity contribution in [1.82, 2.24) is 4.90 Å². The van der Waals surface area contributed by atoms with E-state index < -0.39 is 0 Å². The number of para-hydroxylation sites is 1. The van der Waals surface area contributed by atoms with Gasteiger partial charge >= 0.3 is 5.69 Å². The summed E-state index contributed by atoms with van der Waals surface area (Å²) in [7, 11) is 0. The maximum Gasteiger partial charge on any atom is 0.310 e. The molecule has 2 aliphatic heterocycles. The molecule has 0 aliphatic carbocycles. The molecule has 0 amide bonds. The molecule has 6 heteroatoms. The quantitative estimate of drug-likeness (QED) is 0.621. The highest BCUT2D eigenvalue weighted by molar-refractivity contribution is 6.33. The maximum atomic E-state index is 11.4. The van der Waals surface area contributed by atoms with Gasteiger partial charge in [-0.2, -0.15) is 0 Å². The number of fused-ring (bicyclic) bond motifs is 1. The Kier molecular flexibility index (Phi) is 4.04. The van der Waals surface area contributed by atoms with Gasteiger partial charge in [-0.05, 0) is 38.4 Å². The molecule has 21 heavy (non-hydrogen) atoms. The number of piperidine rings is 1. The minimum Gasteiger partial charge on any atom is -0.360 e. The summed E-state index contributed by atoms with van der Waals surface area (Å²) in [5, 5.41) is 11.6. The number of halogens is 1. The molecule has 1 aromatic rings. The molecule has 0 bridgehead atoms. The van der Waals surface area contributed by atoms with Gasteiger partial charge in [-0.3, -0.25) is 15.0 Å². The molecule has 0 spiro atoms. The number of rotatable bonds is 2. The highest BCUT2D eigenvalue weighted by atomic mass is 35.5. The molecule has 0 aromatic heterocycles. The summed E-state index contributed by atoms with van der Waals surface area (Å²) in [6.07, 6.45) is 3.69. The third-order valence-electron chi connectivity index (χ3n) is 4.64. The lowest BCUT2D eigenvalue weighted by molar-refractivity contribution is -0.384. The number of nitrogens with zero attached hydrogens (tertiary/aromatic N) is 3. The van der Waals surface area contributed by atoms with Crippen molar-refractivity contribution >= 4 is 23.0 Å². The smallest absolute Gasteiger partial charge is 0.310 e. The van der Waals surface area contributed by atoms with Gasteiger partial charge in [-0.25, -0.2) is 0 Å². The van der Waals surface area contributed by atoms with E-state index in [1.807, 2.05) is 6.07 Å². The summed E-state index contributed by atoms with van der Waals surface area (Å²) in [4.78, 5) is 15.7. The first-order valence-electron chi connectivity index (χ1n) is 7.51. The van der Waals surface area contributed by atoms with E-state index in [-0.39, 0.29) is 21.7 Å². The second-order valence-electron chi connectivity index (χ2n) is 6.01. The molecule has 2 heterocycles. The van der Waals surface area contributed by atoms with Crippen LogP contribution in [0.1, 0.15) is 26.2 Å². The average Bonchev–Trinajstić information content (AvgIpc) is 2.45. The Morgan fingerprint density at radius 1 is 1.33 bits per heavy atom. The molecule has 2 atom stereocenters. The number of hydrogen-bond donors (Lipinski definition) is 0. The second kappa shape index (κ2) is 5.81. The largest absolute Gasteiger partial charge is 0.360 e. The summed E-state index contributed by atoms with van der Waals surface area (Å²) in [6, 6.07) is 5.97. The van der Waals surface area contributed by atoms with Crippen molar-refractivity contribution in [1.29, 1.82) is 0 Å². The van der Waals surface area contributed by atoms with Gasteiger partial charge in [0.05, 0.1) is 4.92 Å². The third kappa shape index (κ3) is 2.72. The van der Waals surface area contributed by atoms with E-state index in [0.717, 1.165) is 19.6 Å². The predicted molar refractivity (Wildman–Crippen MR) is 84.1 cm³/mol. The molecule has 2 fully saturated rings. The van der Waals surface area contributed by atoms with Crippen molar-refractivity contribution in [2.75, 3.05) is 24.5 Å². The first-order valence-corrected chi connectivity index (χ1v) is 7.89. The van der Waals surface area contributed by atoms with Crippen LogP contribution in [0.5, 0.6) is 0 Å². The van der Waals surface area contributed by atoms with Crippen LogP contribution < -0.4 is 4.90 Å². The van der Waals surface area contributed by atoms with Gasteiger partial charge in [-0.1, -0.05) is 24.1 Å². The van der Waals surface area contributed by atoms with Gasteiger partial charge in [-0.15, -0.1) is 0 Å². The molecule has 0 saturated carbocycles. The minimum absolute atomic E-state index is 0.0373. The lowest BCUT2D eigenvalue weighted by Crippen LogP contribution is -2.59. The van der Waals surface area contributed by atoms with E-state index in [0.29, 0.717) is 11.7 Å². The van der Waals surface area contributed by atoms with E-state index >= 15 is 0 Å². The van der Waals surface area contributed by atoms with Crippen LogP contribution in [0, 0.1) is 10.1 Å². The molecule has 114 valence electrons. The topological polar surface area (TPSA) is 49.6 Å². The highest BCUT2D eigenvalue weighted by Gasteiger charge is 2.35. The molecule has 0 radical (unpaired) electrons. The Balaban J connectivity index is 1.93. The van der Waals surface area contributed by atoms with Crippen molar-refractivity contribution in [2.24, 2.45) is 0 Å². The van der Waals surface area contributed by atoms with E-state index in [1.54, 1.807) is 12.1 Å². The Labute approximate surface area is 129 Å². The van der Waals surface area contributed by atoms with E-state index in [4.69, 9.17) is 11.6 Å². The average molecular weight is 310 g/mol. The number of nitro groups is 1. The maximum absolute atomic E-state index is 11.4.